The van der Waals surface area contributed by atoms with Gasteiger partial charge in [0, 0.05) is 47.6 Å². The average molecular weight is 519 g/mol. The number of ether oxygens (including phenoxy) is 2. The molecule has 14 heteroatoms. The number of hydrogen-bond donors (Lipinski definition) is 0. The smallest absolute Gasteiger partial charge is 0.310 e. The third kappa shape index (κ3) is 6.13. The van der Waals surface area contributed by atoms with Crippen molar-refractivity contribution in [2.75, 3.05) is 5.75 Å². The van der Waals surface area contributed by atoms with Crippen molar-refractivity contribution >= 4 is 39.9 Å². The highest BCUT2D eigenvalue weighted by Crippen LogP contribution is 2.43. The van der Waals surface area contributed by atoms with E-state index in [-0.39, 0.29) is 23.4 Å². The lowest BCUT2D eigenvalue weighted by atomic mass is 9.91. The molecule has 0 amide bonds. The van der Waals surface area contributed by atoms with Crippen molar-refractivity contribution in [2.45, 2.75) is 38.9 Å². The molecule has 0 fully saturated rings. The summed E-state index contributed by atoms with van der Waals surface area (Å²) in [6.45, 7) is 5.08. The van der Waals surface area contributed by atoms with Crippen LogP contribution in [0.5, 0.6) is 5.75 Å². The standard InChI is InChI=1S/C22H21N3O10S/c1-12(11-36-21(27)13-6-15(24(30)31)8-16(7-13)25(32)33)20(26)34-19-10-22(2,3)35-18-5-4-14(23(28)29)9-17(18)19/h4-9,12,19H,10-11H2,1-3H3/t12-,19?/m1/s1. The van der Waals surface area contributed by atoms with E-state index in [9.17, 15) is 39.9 Å². The van der Waals surface area contributed by atoms with Crippen LogP contribution in [0.15, 0.2) is 36.4 Å². The van der Waals surface area contributed by atoms with Crippen LogP contribution in [-0.4, -0.2) is 37.2 Å². The number of rotatable bonds is 8. The lowest BCUT2D eigenvalue weighted by molar-refractivity contribution is -0.394. The zero-order valence-electron chi connectivity index (χ0n) is 19.4. The first-order valence-electron chi connectivity index (χ1n) is 10.6. The minimum atomic E-state index is -0.841. The molecule has 1 aliphatic heterocycles. The molecule has 0 spiro atoms. The topological polar surface area (TPSA) is 182 Å². The Morgan fingerprint density at radius 2 is 1.61 bits per heavy atom. The number of nitro groups is 3. The molecule has 1 aliphatic rings. The summed E-state index contributed by atoms with van der Waals surface area (Å²) in [5, 5.41) is 32.6. The van der Waals surface area contributed by atoms with E-state index < -0.39 is 54.9 Å². The van der Waals surface area contributed by atoms with E-state index in [1.54, 1.807) is 13.8 Å². The molecule has 0 saturated carbocycles. The zero-order valence-corrected chi connectivity index (χ0v) is 20.2. The van der Waals surface area contributed by atoms with Crippen LogP contribution in [0.1, 0.15) is 49.2 Å². The van der Waals surface area contributed by atoms with E-state index in [0.717, 1.165) is 18.2 Å². The zero-order chi connectivity index (χ0) is 26.8. The molecule has 0 saturated heterocycles. The number of fused-ring (bicyclic) bond motifs is 1. The predicted octanol–water partition coefficient (Wildman–Crippen LogP) is 4.77. The molecule has 0 N–H and O–H groups in total. The van der Waals surface area contributed by atoms with Gasteiger partial charge in [-0.05, 0) is 19.9 Å². The fourth-order valence-corrected chi connectivity index (χ4v) is 4.35. The van der Waals surface area contributed by atoms with E-state index in [1.165, 1.54) is 25.1 Å². The van der Waals surface area contributed by atoms with Gasteiger partial charge in [-0.3, -0.25) is 39.9 Å². The maximum absolute atomic E-state index is 12.8. The van der Waals surface area contributed by atoms with Crippen molar-refractivity contribution in [1.82, 2.24) is 0 Å². The molecular formula is C22H21N3O10S. The summed E-state index contributed by atoms with van der Waals surface area (Å²) >= 11 is 0.662. The van der Waals surface area contributed by atoms with Crippen LogP contribution in [0, 0.1) is 36.3 Å². The Kier molecular flexibility index (Phi) is 7.57. The molecule has 0 bridgehead atoms. The largest absolute Gasteiger partial charge is 0.487 e. The quantitative estimate of drug-likeness (QED) is 0.266. The van der Waals surface area contributed by atoms with E-state index in [4.69, 9.17) is 9.47 Å². The number of nitro benzene ring substituents is 3. The number of benzene rings is 2. The molecule has 2 aromatic rings. The van der Waals surface area contributed by atoms with Gasteiger partial charge in [-0.15, -0.1) is 0 Å². The second-order valence-corrected chi connectivity index (χ2v) is 9.72. The molecule has 3 rings (SSSR count). The van der Waals surface area contributed by atoms with E-state index in [1.807, 2.05) is 0 Å². The minimum absolute atomic E-state index is 0.0669. The Morgan fingerprint density at radius 3 is 2.17 bits per heavy atom. The molecule has 0 radical (unpaired) electrons. The van der Waals surface area contributed by atoms with Gasteiger partial charge in [-0.25, -0.2) is 0 Å². The first-order valence-corrected chi connectivity index (χ1v) is 11.5. The summed E-state index contributed by atoms with van der Waals surface area (Å²) in [7, 11) is 0. The van der Waals surface area contributed by atoms with Crippen molar-refractivity contribution < 1.29 is 33.8 Å². The number of carbonyl (C=O) groups is 2. The number of thioether (sulfide) groups is 1. The van der Waals surface area contributed by atoms with Gasteiger partial charge in [-0.2, -0.15) is 0 Å². The Balaban J connectivity index is 1.71. The number of esters is 1. The van der Waals surface area contributed by atoms with Gasteiger partial charge in [0.25, 0.3) is 17.1 Å². The fourth-order valence-electron chi connectivity index (χ4n) is 3.53. The van der Waals surface area contributed by atoms with Gasteiger partial charge < -0.3 is 9.47 Å². The minimum Gasteiger partial charge on any atom is -0.487 e. The van der Waals surface area contributed by atoms with Gasteiger partial charge in [0.05, 0.1) is 26.8 Å². The fraction of sp³-hybridized carbons (Fsp3) is 0.364. The number of nitrogens with zero attached hydrogens (tertiary/aromatic N) is 3. The highest BCUT2D eigenvalue weighted by atomic mass is 32.2. The van der Waals surface area contributed by atoms with E-state index in [0.29, 0.717) is 23.1 Å². The lowest BCUT2D eigenvalue weighted by Crippen LogP contribution is -2.36. The van der Waals surface area contributed by atoms with Crippen LogP contribution in [0.25, 0.3) is 0 Å². The summed E-state index contributed by atoms with van der Waals surface area (Å²) in [6.07, 6.45) is -0.581. The molecule has 1 unspecified atom stereocenters. The molecule has 0 aromatic heterocycles. The number of non-ortho nitro benzene ring substituents is 3. The Hall–Kier alpha value is -4.07. The van der Waals surface area contributed by atoms with Gasteiger partial charge >= 0.3 is 5.97 Å². The van der Waals surface area contributed by atoms with Crippen LogP contribution in [-0.2, 0) is 9.53 Å². The molecule has 0 aliphatic carbocycles. The van der Waals surface area contributed by atoms with Crippen molar-refractivity contribution in [3.05, 3.63) is 77.9 Å². The van der Waals surface area contributed by atoms with Crippen molar-refractivity contribution in [1.29, 1.82) is 0 Å². The summed E-state index contributed by atoms with van der Waals surface area (Å²) in [5.41, 5.74) is -1.98. The maximum Gasteiger partial charge on any atom is 0.310 e. The third-order valence-electron chi connectivity index (χ3n) is 5.30. The van der Waals surface area contributed by atoms with Crippen molar-refractivity contribution in [3.63, 3.8) is 0 Å². The predicted molar refractivity (Wildman–Crippen MR) is 127 cm³/mol. The van der Waals surface area contributed by atoms with Crippen LogP contribution in [0.2, 0.25) is 0 Å². The van der Waals surface area contributed by atoms with Gasteiger partial charge in [0.1, 0.15) is 17.5 Å². The molecule has 2 aromatic carbocycles. The molecule has 190 valence electrons. The summed E-state index contributed by atoms with van der Waals surface area (Å²) in [5.74, 6) is -1.18. The highest BCUT2D eigenvalue weighted by Gasteiger charge is 2.37. The second-order valence-electron chi connectivity index (χ2n) is 8.72. The molecule has 36 heavy (non-hydrogen) atoms. The monoisotopic (exact) mass is 519 g/mol. The summed E-state index contributed by atoms with van der Waals surface area (Å²) in [4.78, 5) is 56.4. The second kappa shape index (κ2) is 10.3. The van der Waals surface area contributed by atoms with Gasteiger partial charge in [-0.1, -0.05) is 18.7 Å². The van der Waals surface area contributed by atoms with E-state index >= 15 is 0 Å². The molecule has 2 atom stereocenters. The number of hydrogen-bond acceptors (Lipinski definition) is 11. The van der Waals surface area contributed by atoms with Crippen molar-refractivity contribution in [3.8, 4) is 5.75 Å². The lowest BCUT2D eigenvalue weighted by Gasteiger charge is -2.37. The normalized spacial score (nSPS) is 16.7. The molecular weight excluding hydrogens is 498 g/mol. The first-order chi connectivity index (χ1) is 16.8. The highest BCUT2D eigenvalue weighted by molar-refractivity contribution is 8.14. The number of carbonyl (C=O) groups excluding carboxylic acids is 2. The van der Waals surface area contributed by atoms with Crippen LogP contribution in [0.4, 0.5) is 17.1 Å². The Morgan fingerprint density at radius 1 is 1.03 bits per heavy atom. The van der Waals surface area contributed by atoms with Crippen LogP contribution >= 0.6 is 11.8 Å². The average Bonchev–Trinajstić information content (AvgIpc) is 2.80. The molecule has 1 heterocycles. The SMILES string of the molecule is C[C@H](CSC(=O)c1cc([N+](=O)[O-])cc([N+](=O)[O-])c1)C(=O)OC1CC(C)(C)Oc2ccc([N+](=O)[O-])cc21. The van der Waals surface area contributed by atoms with Gasteiger partial charge in [0.2, 0.25) is 5.12 Å². The Labute approximate surface area is 208 Å². The summed E-state index contributed by atoms with van der Waals surface area (Å²) in [6, 6.07) is 6.64. The molecule has 13 nitrogen and oxygen atoms in total. The summed E-state index contributed by atoms with van der Waals surface area (Å²) < 4.78 is 11.5. The third-order valence-corrected chi connectivity index (χ3v) is 6.46. The maximum atomic E-state index is 12.8. The Bertz CT molecular complexity index is 1230. The first kappa shape index (κ1) is 26.5. The van der Waals surface area contributed by atoms with Crippen LogP contribution < -0.4 is 4.74 Å². The van der Waals surface area contributed by atoms with Crippen LogP contribution in [0.3, 0.4) is 0 Å². The van der Waals surface area contributed by atoms with Gasteiger partial charge in [0.15, 0.2) is 0 Å². The van der Waals surface area contributed by atoms with E-state index in [2.05, 4.69) is 0 Å². The van der Waals surface area contributed by atoms with Crippen molar-refractivity contribution in [2.24, 2.45) is 5.92 Å².